The summed E-state index contributed by atoms with van der Waals surface area (Å²) in [6.07, 6.45) is 0.755. The van der Waals surface area contributed by atoms with Gasteiger partial charge in [0.05, 0.1) is 5.69 Å². The minimum atomic E-state index is -0.0136. The molecule has 0 spiro atoms. The van der Waals surface area contributed by atoms with Crippen molar-refractivity contribution < 1.29 is 0 Å². The fraction of sp³-hybridized carbons (Fsp3) is 0.118. The molecule has 0 aliphatic rings. The Morgan fingerprint density at radius 1 is 1.05 bits per heavy atom. The normalized spacial score (nSPS) is 12.3. The molecule has 2 aromatic carbocycles. The number of benzene rings is 2. The first-order valence-electron chi connectivity index (χ1n) is 6.74. The summed E-state index contributed by atoms with van der Waals surface area (Å²) in [5.74, 6) is 0. The quantitative estimate of drug-likeness (QED) is 0.726. The van der Waals surface area contributed by atoms with E-state index in [2.05, 4.69) is 39.5 Å². The third-order valence-corrected chi connectivity index (χ3v) is 4.93. The molecule has 0 radical (unpaired) electrons. The van der Waals surface area contributed by atoms with Crippen LogP contribution in [-0.2, 0) is 6.42 Å². The van der Waals surface area contributed by atoms with Crippen molar-refractivity contribution in [3.05, 3.63) is 75.7 Å². The molecule has 3 aromatic rings. The van der Waals surface area contributed by atoms with Crippen LogP contribution in [0.1, 0.15) is 17.3 Å². The Balaban J connectivity index is 1.78. The molecule has 1 atom stereocenters. The highest BCUT2D eigenvalue weighted by molar-refractivity contribution is 9.10. The summed E-state index contributed by atoms with van der Waals surface area (Å²) in [6, 6.07) is 18.3. The van der Waals surface area contributed by atoms with Gasteiger partial charge in [-0.3, -0.25) is 0 Å². The van der Waals surface area contributed by atoms with E-state index in [-0.39, 0.29) is 6.04 Å². The standard InChI is InChI=1S/C17H15BrN2S/c18-15-9-5-4-8-14(15)17-20-13(11-21-17)10-16(19)12-6-2-1-3-7-12/h1-9,11,16H,10,19H2. The molecule has 1 heterocycles. The van der Waals surface area contributed by atoms with Gasteiger partial charge >= 0.3 is 0 Å². The average Bonchev–Trinajstić information content (AvgIpc) is 2.97. The SMILES string of the molecule is NC(Cc1csc(-c2ccccc2Br)n1)c1ccccc1. The van der Waals surface area contributed by atoms with Crippen LogP contribution in [0.25, 0.3) is 10.6 Å². The summed E-state index contributed by atoms with van der Waals surface area (Å²) in [4.78, 5) is 4.72. The van der Waals surface area contributed by atoms with Crippen LogP contribution in [0, 0.1) is 0 Å². The van der Waals surface area contributed by atoms with Gasteiger partial charge in [0.1, 0.15) is 5.01 Å². The summed E-state index contributed by atoms with van der Waals surface area (Å²) in [5.41, 5.74) is 9.58. The minimum Gasteiger partial charge on any atom is -0.324 e. The van der Waals surface area contributed by atoms with Gasteiger partial charge in [-0.1, -0.05) is 64.5 Å². The molecule has 0 aliphatic carbocycles. The maximum atomic E-state index is 6.26. The number of hydrogen-bond acceptors (Lipinski definition) is 3. The van der Waals surface area contributed by atoms with Crippen LogP contribution in [-0.4, -0.2) is 4.98 Å². The van der Waals surface area contributed by atoms with Crippen LogP contribution in [0.5, 0.6) is 0 Å². The van der Waals surface area contributed by atoms with Crippen LogP contribution >= 0.6 is 27.3 Å². The minimum absolute atomic E-state index is 0.0136. The molecule has 1 aromatic heterocycles. The second kappa shape index (κ2) is 6.52. The molecule has 4 heteroatoms. The molecular weight excluding hydrogens is 344 g/mol. The Morgan fingerprint density at radius 3 is 2.52 bits per heavy atom. The Hall–Kier alpha value is -1.49. The van der Waals surface area contributed by atoms with Gasteiger partial charge in [-0.2, -0.15) is 0 Å². The van der Waals surface area contributed by atoms with Crippen LogP contribution in [0.2, 0.25) is 0 Å². The molecule has 21 heavy (non-hydrogen) atoms. The van der Waals surface area contributed by atoms with E-state index in [9.17, 15) is 0 Å². The van der Waals surface area contributed by atoms with E-state index in [1.165, 1.54) is 0 Å². The lowest BCUT2D eigenvalue weighted by Crippen LogP contribution is -2.13. The highest BCUT2D eigenvalue weighted by Crippen LogP contribution is 2.31. The van der Waals surface area contributed by atoms with Crippen molar-refractivity contribution in [2.24, 2.45) is 5.73 Å². The van der Waals surface area contributed by atoms with Crippen molar-refractivity contribution in [1.82, 2.24) is 4.98 Å². The average molecular weight is 359 g/mol. The number of aromatic nitrogens is 1. The van der Waals surface area contributed by atoms with Gasteiger partial charge in [0.15, 0.2) is 0 Å². The van der Waals surface area contributed by atoms with Crippen LogP contribution < -0.4 is 5.73 Å². The molecule has 2 N–H and O–H groups in total. The first-order valence-corrected chi connectivity index (χ1v) is 8.41. The predicted octanol–water partition coefficient (Wildman–Crippen LogP) is 4.82. The summed E-state index contributed by atoms with van der Waals surface area (Å²) in [5, 5.41) is 3.12. The van der Waals surface area contributed by atoms with Crippen LogP contribution in [0.15, 0.2) is 64.5 Å². The lowest BCUT2D eigenvalue weighted by molar-refractivity contribution is 0.710. The zero-order valence-electron chi connectivity index (χ0n) is 11.4. The molecule has 2 nitrogen and oxygen atoms in total. The van der Waals surface area contributed by atoms with Gasteiger partial charge in [0, 0.05) is 27.9 Å². The zero-order valence-corrected chi connectivity index (χ0v) is 13.8. The van der Waals surface area contributed by atoms with Crippen LogP contribution in [0.3, 0.4) is 0 Å². The third kappa shape index (κ3) is 3.40. The molecule has 1 unspecified atom stereocenters. The largest absolute Gasteiger partial charge is 0.324 e. The maximum absolute atomic E-state index is 6.26. The van der Waals surface area contributed by atoms with Crippen molar-refractivity contribution in [1.29, 1.82) is 0 Å². The second-order valence-electron chi connectivity index (χ2n) is 4.85. The number of nitrogens with two attached hydrogens (primary N) is 1. The maximum Gasteiger partial charge on any atom is 0.124 e. The van der Waals surface area contributed by atoms with Gasteiger partial charge in [-0.15, -0.1) is 11.3 Å². The molecule has 3 rings (SSSR count). The first-order chi connectivity index (χ1) is 10.2. The summed E-state index contributed by atoms with van der Waals surface area (Å²) < 4.78 is 1.07. The highest BCUT2D eigenvalue weighted by atomic mass is 79.9. The van der Waals surface area contributed by atoms with E-state index >= 15 is 0 Å². The second-order valence-corrected chi connectivity index (χ2v) is 6.56. The summed E-state index contributed by atoms with van der Waals surface area (Å²) in [7, 11) is 0. The Labute approximate surface area is 136 Å². The van der Waals surface area contributed by atoms with Gasteiger partial charge in [0.25, 0.3) is 0 Å². The zero-order chi connectivity index (χ0) is 14.7. The number of hydrogen-bond donors (Lipinski definition) is 1. The number of rotatable bonds is 4. The van der Waals surface area contributed by atoms with Gasteiger partial charge in [0.2, 0.25) is 0 Å². The Kier molecular flexibility index (Phi) is 4.48. The number of nitrogens with zero attached hydrogens (tertiary/aromatic N) is 1. The van der Waals surface area contributed by atoms with E-state index in [1.54, 1.807) is 11.3 Å². The molecule has 0 aliphatic heterocycles. The highest BCUT2D eigenvalue weighted by Gasteiger charge is 2.11. The first kappa shape index (κ1) is 14.4. The molecule has 0 amide bonds. The van der Waals surface area contributed by atoms with Crippen molar-refractivity contribution in [3.63, 3.8) is 0 Å². The molecule has 0 fully saturated rings. The third-order valence-electron chi connectivity index (χ3n) is 3.31. The van der Waals surface area contributed by atoms with E-state index < -0.39 is 0 Å². The van der Waals surface area contributed by atoms with E-state index in [0.717, 1.165) is 32.7 Å². The molecular formula is C17H15BrN2S. The lowest BCUT2D eigenvalue weighted by atomic mass is 10.0. The van der Waals surface area contributed by atoms with Gasteiger partial charge in [-0.05, 0) is 11.6 Å². The van der Waals surface area contributed by atoms with Crippen molar-refractivity contribution in [2.75, 3.05) is 0 Å². The van der Waals surface area contributed by atoms with E-state index in [4.69, 9.17) is 10.7 Å². The number of thiazole rings is 1. The summed E-state index contributed by atoms with van der Waals surface area (Å²) >= 11 is 5.23. The molecule has 0 bridgehead atoms. The van der Waals surface area contributed by atoms with Gasteiger partial charge < -0.3 is 5.73 Å². The fourth-order valence-corrected chi connectivity index (χ4v) is 3.68. The van der Waals surface area contributed by atoms with E-state index in [1.807, 2.05) is 36.4 Å². The lowest BCUT2D eigenvalue weighted by Gasteiger charge is -2.09. The topological polar surface area (TPSA) is 38.9 Å². The monoisotopic (exact) mass is 358 g/mol. The molecule has 0 saturated carbocycles. The smallest absolute Gasteiger partial charge is 0.124 e. The molecule has 0 saturated heterocycles. The Morgan fingerprint density at radius 2 is 1.76 bits per heavy atom. The fourth-order valence-electron chi connectivity index (χ4n) is 2.20. The number of halogens is 1. The predicted molar refractivity (Wildman–Crippen MR) is 92.3 cm³/mol. The summed E-state index contributed by atoms with van der Waals surface area (Å²) in [6.45, 7) is 0. The van der Waals surface area contributed by atoms with Crippen molar-refractivity contribution >= 4 is 27.3 Å². The van der Waals surface area contributed by atoms with Gasteiger partial charge in [-0.25, -0.2) is 4.98 Å². The van der Waals surface area contributed by atoms with E-state index in [0.29, 0.717) is 0 Å². The molecule has 106 valence electrons. The van der Waals surface area contributed by atoms with Crippen molar-refractivity contribution in [3.8, 4) is 10.6 Å². The Bertz CT molecular complexity index is 724. The van der Waals surface area contributed by atoms with Crippen LogP contribution in [0.4, 0.5) is 0 Å². The van der Waals surface area contributed by atoms with Crippen molar-refractivity contribution in [2.45, 2.75) is 12.5 Å².